The number of aliphatic imine (C=N–C) groups is 1. The van der Waals surface area contributed by atoms with E-state index in [-0.39, 0.29) is 24.3 Å². The Morgan fingerprint density at radius 1 is 1.23 bits per heavy atom. The Labute approximate surface area is 191 Å². The van der Waals surface area contributed by atoms with E-state index in [0.29, 0.717) is 28.7 Å². The fourth-order valence-electron chi connectivity index (χ4n) is 3.98. The summed E-state index contributed by atoms with van der Waals surface area (Å²) >= 11 is 12.3. The van der Waals surface area contributed by atoms with Gasteiger partial charge in [-0.3, -0.25) is 19.4 Å². The largest absolute Gasteiger partial charge is 0.338 e. The molecule has 2 atom stereocenters. The fraction of sp³-hybridized carbons (Fsp3) is 0.348. The number of aryl methyl sites for hydroxylation is 1. The van der Waals surface area contributed by atoms with Crippen LogP contribution in [0.5, 0.6) is 0 Å². The van der Waals surface area contributed by atoms with Crippen molar-refractivity contribution in [1.29, 1.82) is 0 Å². The summed E-state index contributed by atoms with van der Waals surface area (Å²) in [6, 6.07) is 10.6. The van der Waals surface area contributed by atoms with Crippen LogP contribution in [0.1, 0.15) is 46.3 Å². The molecule has 2 aliphatic heterocycles. The lowest BCUT2D eigenvalue weighted by Crippen LogP contribution is -2.42. The predicted octanol–water partition coefficient (Wildman–Crippen LogP) is 4.17. The van der Waals surface area contributed by atoms with Gasteiger partial charge >= 0.3 is 0 Å². The lowest BCUT2D eigenvalue weighted by atomic mass is 9.93. The third-order valence-corrected chi connectivity index (χ3v) is 6.07. The van der Waals surface area contributed by atoms with Crippen LogP contribution in [0.3, 0.4) is 0 Å². The van der Waals surface area contributed by atoms with Gasteiger partial charge in [-0.05, 0) is 67.3 Å². The molecule has 0 radical (unpaired) electrons. The second kappa shape index (κ2) is 8.99. The van der Waals surface area contributed by atoms with Gasteiger partial charge in [-0.25, -0.2) is 5.06 Å². The normalized spacial score (nSPS) is 20.8. The van der Waals surface area contributed by atoms with Crippen LogP contribution in [0.4, 0.5) is 0 Å². The van der Waals surface area contributed by atoms with Gasteiger partial charge in [-0.15, -0.1) is 0 Å². The molecular formula is C23H23Cl2N3O3. The van der Waals surface area contributed by atoms with E-state index in [0.717, 1.165) is 28.8 Å². The van der Waals surface area contributed by atoms with Crippen molar-refractivity contribution in [1.82, 2.24) is 10.4 Å². The van der Waals surface area contributed by atoms with E-state index in [1.54, 1.807) is 12.1 Å². The lowest BCUT2D eigenvalue weighted by molar-refractivity contribution is -0.160. The number of rotatable bonds is 5. The van der Waals surface area contributed by atoms with Crippen LogP contribution in [0.15, 0.2) is 41.4 Å². The molecular weight excluding hydrogens is 437 g/mol. The standard InChI is InChI=1S/C23H23Cl2N3O3/c1-3-28-23(30)21(12-31-28)27-22(29)19-5-4-14(6-13(19)2)20-9-16(11-26-20)15-7-17(24)10-18(25)8-15/h4-8,10,16,21H,3,9,11-12H2,1-2H3,(H,27,29)/t16?,21-/m1/s1. The Kier molecular flexibility index (Phi) is 6.32. The number of carbonyl (C=O) groups excluding carboxylic acids is 2. The second-order valence-electron chi connectivity index (χ2n) is 7.78. The third-order valence-electron chi connectivity index (χ3n) is 5.64. The molecule has 1 saturated heterocycles. The molecule has 1 fully saturated rings. The van der Waals surface area contributed by atoms with Crippen molar-refractivity contribution in [3.05, 3.63) is 68.7 Å². The molecule has 0 bridgehead atoms. The highest BCUT2D eigenvalue weighted by molar-refractivity contribution is 6.34. The van der Waals surface area contributed by atoms with Crippen molar-refractivity contribution in [2.75, 3.05) is 19.7 Å². The van der Waals surface area contributed by atoms with Crippen LogP contribution >= 0.6 is 23.2 Å². The van der Waals surface area contributed by atoms with Crippen LogP contribution in [-0.4, -0.2) is 48.3 Å². The van der Waals surface area contributed by atoms with E-state index in [4.69, 9.17) is 33.0 Å². The minimum absolute atomic E-state index is 0.154. The summed E-state index contributed by atoms with van der Waals surface area (Å²) in [5.74, 6) is -0.286. The Bertz CT molecular complexity index is 1050. The summed E-state index contributed by atoms with van der Waals surface area (Å²) in [5, 5.41) is 5.28. The lowest BCUT2D eigenvalue weighted by Gasteiger charge is -2.14. The number of hydroxylamine groups is 2. The SMILES string of the molecule is CCN1OC[C@@H](NC(=O)c2ccc(C3=NCC(c4cc(Cl)cc(Cl)c4)C3)cc2C)C1=O. The number of carbonyl (C=O) groups is 2. The average Bonchev–Trinajstić information content (AvgIpc) is 3.35. The van der Waals surface area contributed by atoms with Gasteiger partial charge in [0.1, 0.15) is 12.6 Å². The smallest absolute Gasteiger partial charge is 0.271 e. The van der Waals surface area contributed by atoms with Crippen LogP contribution in [-0.2, 0) is 9.63 Å². The summed E-state index contributed by atoms with van der Waals surface area (Å²) in [7, 11) is 0. The molecule has 31 heavy (non-hydrogen) atoms. The fourth-order valence-corrected chi connectivity index (χ4v) is 4.53. The molecule has 162 valence electrons. The van der Waals surface area contributed by atoms with E-state index in [1.165, 1.54) is 5.06 Å². The summed E-state index contributed by atoms with van der Waals surface area (Å²) < 4.78 is 0. The topological polar surface area (TPSA) is 71.0 Å². The molecule has 0 aromatic heterocycles. The van der Waals surface area contributed by atoms with Crippen LogP contribution < -0.4 is 5.32 Å². The van der Waals surface area contributed by atoms with E-state index in [1.807, 2.05) is 38.1 Å². The van der Waals surface area contributed by atoms with Gasteiger partial charge in [0.05, 0.1) is 0 Å². The highest BCUT2D eigenvalue weighted by Crippen LogP contribution is 2.32. The minimum Gasteiger partial charge on any atom is -0.338 e. The number of halogens is 2. The molecule has 0 aliphatic carbocycles. The zero-order valence-corrected chi connectivity index (χ0v) is 18.8. The number of hydrogen-bond acceptors (Lipinski definition) is 4. The van der Waals surface area contributed by atoms with E-state index in [2.05, 4.69) is 5.32 Å². The first-order chi connectivity index (χ1) is 14.9. The predicted molar refractivity (Wildman–Crippen MR) is 121 cm³/mol. The summed E-state index contributed by atoms with van der Waals surface area (Å²) in [4.78, 5) is 34.9. The molecule has 4 rings (SSSR count). The van der Waals surface area contributed by atoms with Crippen LogP contribution in [0.2, 0.25) is 10.0 Å². The monoisotopic (exact) mass is 459 g/mol. The first-order valence-electron chi connectivity index (χ1n) is 10.2. The van der Waals surface area contributed by atoms with Crippen molar-refractivity contribution < 1.29 is 14.4 Å². The van der Waals surface area contributed by atoms with Gasteiger partial charge in [-0.2, -0.15) is 0 Å². The van der Waals surface area contributed by atoms with Crippen molar-refractivity contribution in [2.45, 2.75) is 32.2 Å². The molecule has 0 saturated carbocycles. The molecule has 8 heteroatoms. The molecule has 0 spiro atoms. The Hall–Kier alpha value is -2.41. The molecule has 2 aliphatic rings. The minimum atomic E-state index is -0.656. The number of benzene rings is 2. The summed E-state index contributed by atoms with van der Waals surface area (Å²) in [5.41, 5.74) is 4.42. The van der Waals surface area contributed by atoms with Gasteiger partial charge in [0.15, 0.2) is 0 Å². The molecule has 2 heterocycles. The van der Waals surface area contributed by atoms with E-state index >= 15 is 0 Å². The number of nitrogens with one attached hydrogen (secondary N) is 1. The molecule has 2 amide bonds. The van der Waals surface area contributed by atoms with Crippen molar-refractivity contribution in [3.8, 4) is 0 Å². The highest BCUT2D eigenvalue weighted by atomic mass is 35.5. The molecule has 6 nitrogen and oxygen atoms in total. The average molecular weight is 460 g/mol. The quantitative estimate of drug-likeness (QED) is 0.728. The first-order valence-corrected chi connectivity index (χ1v) is 11.0. The Morgan fingerprint density at radius 2 is 1.97 bits per heavy atom. The van der Waals surface area contributed by atoms with Gasteiger partial charge in [0.2, 0.25) is 0 Å². The van der Waals surface area contributed by atoms with E-state index < -0.39 is 6.04 Å². The summed E-state index contributed by atoms with van der Waals surface area (Å²) in [6.07, 6.45) is 0.780. The molecule has 1 N–H and O–H groups in total. The van der Waals surface area contributed by atoms with Crippen molar-refractivity contribution >= 4 is 40.7 Å². The number of nitrogens with zero attached hydrogens (tertiary/aromatic N) is 2. The molecule has 2 aromatic carbocycles. The van der Waals surface area contributed by atoms with Gasteiger partial charge in [-0.1, -0.05) is 29.3 Å². The van der Waals surface area contributed by atoms with Crippen molar-refractivity contribution in [3.63, 3.8) is 0 Å². The maximum Gasteiger partial charge on any atom is 0.271 e. The van der Waals surface area contributed by atoms with Crippen molar-refractivity contribution in [2.24, 2.45) is 4.99 Å². The van der Waals surface area contributed by atoms with Crippen LogP contribution in [0.25, 0.3) is 0 Å². The molecule has 2 aromatic rings. The highest BCUT2D eigenvalue weighted by Gasteiger charge is 2.33. The van der Waals surface area contributed by atoms with Crippen LogP contribution in [0, 0.1) is 6.92 Å². The zero-order chi connectivity index (χ0) is 22.1. The first kappa shape index (κ1) is 21.8. The number of likely N-dealkylation sites (N-methyl/N-ethyl adjacent to an activating group) is 1. The van der Waals surface area contributed by atoms with Gasteiger partial charge in [0, 0.05) is 40.3 Å². The molecule has 1 unspecified atom stereocenters. The van der Waals surface area contributed by atoms with Gasteiger partial charge in [0.25, 0.3) is 11.8 Å². The maximum absolute atomic E-state index is 12.7. The summed E-state index contributed by atoms with van der Waals surface area (Å²) in [6.45, 7) is 4.98. The second-order valence-corrected chi connectivity index (χ2v) is 8.65. The number of hydrogen-bond donors (Lipinski definition) is 1. The van der Waals surface area contributed by atoms with Gasteiger partial charge < -0.3 is 5.32 Å². The van der Waals surface area contributed by atoms with E-state index in [9.17, 15) is 9.59 Å². The number of amides is 2. The Morgan fingerprint density at radius 3 is 2.61 bits per heavy atom. The zero-order valence-electron chi connectivity index (χ0n) is 17.3. The Balaban J connectivity index is 1.44. The maximum atomic E-state index is 12.7. The third kappa shape index (κ3) is 4.61.